The summed E-state index contributed by atoms with van der Waals surface area (Å²) in [5, 5.41) is 11.9. The maximum absolute atomic E-state index is 13.5. The molecular formula is C32H38FN5O. The highest BCUT2D eigenvalue weighted by atomic mass is 19.1. The number of benzene rings is 2. The van der Waals surface area contributed by atoms with Gasteiger partial charge in [-0.25, -0.2) is 9.18 Å². The number of fused-ring (bicyclic) bond motifs is 1. The first-order valence-electron chi connectivity index (χ1n) is 14.3. The lowest BCUT2D eigenvalue weighted by molar-refractivity contribution is 0.231. The number of anilines is 1. The number of hydrogen-bond donors (Lipinski definition) is 4. The molecule has 2 heterocycles. The van der Waals surface area contributed by atoms with E-state index in [1.165, 1.54) is 28.9 Å². The van der Waals surface area contributed by atoms with Gasteiger partial charge in [-0.15, -0.1) is 0 Å². The number of urea groups is 1. The summed E-state index contributed by atoms with van der Waals surface area (Å²) < 4.78 is 13.5. The van der Waals surface area contributed by atoms with Crippen LogP contribution in [0.25, 0.3) is 0 Å². The van der Waals surface area contributed by atoms with Gasteiger partial charge in [-0.3, -0.25) is 5.01 Å². The molecular weight excluding hydrogens is 489 g/mol. The molecule has 0 saturated carbocycles. The topological polar surface area (TPSA) is 68.4 Å². The molecule has 39 heavy (non-hydrogen) atoms. The molecule has 2 aromatic carbocycles. The standard InChI is InChI=1S/C32H38FN5O/c1-21-28-20-36-38(27-11-9-26(33)10-12-27)30(28)18-25-8-7-24(31(21)25)17-29(23-5-3-2-4-6-23)37-32(39)35-19-22-13-15-34-16-14-22/h2-6,9-12,18,20-22,24,29,34,36H,7-8,13-17,19H2,1H3,(H2,35,37,39)/t21-,24+,29?/m0/s1. The number of allylic oxidation sites excluding steroid dienone is 4. The highest BCUT2D eigenvalue weighted by molar-refractivity contribution is 5.74. The number of amides is 2. The monoisotopic (exact) mass is 527 g/mol. The van der Waals surface area contributed by atoms with Gasteiger partial charge in [0, 0.05) is 24.2 Å². The summed E-state index contributed by atoms with van der Waals surface area (Å²) >= 11 is 0. The van der Waals surface area contributed by atoms with Crippen molar-refractivity contribution < 1.29 is 9.18 Å². The van der Waals surface area contributed by atoms with Crippen molar-refractivity contribution >= 4 is 11.7 Å². The molecule has 2 aliphatic carbocycles. The van der Waals surface area contributed by atoms with E-state index in [0.717, 1.165) is 68.7 Å². The first kappa shape index (κ1) is 25.7. The van der Waals surface area contributed by atoms with Crippen LogP contribution < -0.4 is 26.4 Å². The zero-order chi connectivity index (χ0) is 26.8. The van der Waals surface area contributed by atoms with Crippen molar-refractivity contribution in [2.45, 2.75) is 45.1 Å². The van der Waals surface area contributed by atoms with E-state index >= 15 is 0 Å². The molecule has 1 saturated heterocycles. The average Bonchev–Trinajstić information content (AvgIpc) is 3.58. The van der Waals surface area contributed by atoms with Crippen LogP contribution in [0.15, 0.2) is 89.3 Å². The van der Waals surface area contributed by atoms with Crippen molar-refractivity contribution in [2.75, 3.05) is 24.6 Å². The van der Waals surface area contributed by atoms with Gasteiger partial charge in [0.1, 0.15) is 5.82 Å². The van der Waals surface area contributed by atoms with Crippen LogP contribution in [-0.4, -0.2) is 25.7 Å². The van der Waals surface area contributed by atoms with Crippen molar-refractivity contribution in [3.8, 4) is 0 Å². The van der Waals surface area contributed by atoms with Crippen LogP contribution in [0.5, 0.6) is 0 Å². The molecule has 1 fully saturated rings. The smallest absolute Gasteiger partial charge is 0.315 e. The Kier molecular flexibility index (Phi) is 7.42. The van der Waals surface area contributed by atoms with Crippen LogP contribution in [0.4, 0.5) is 14.9 Å². The number of carbonyl (C=O) groups is 1. The van der Waals surface area contributed by atoms with Crippen LogP contribution in [0.2, 0.25) is 0 Å². The van der Waals surface area contributed by atoms with Gasteiger partial charge in [0.15, 0.2) is 0 Å². The quantitative estimate of drug-likeness (QED) is 0.373. The molecule has 2 aliphatic heterocycles. The van der Waals surface area contributed by atoms with Gasteiger partial charge < -0.3 is 21.4 Å². The normalized spacial score (nSPS) is 23.4. The lowest BCUT2D eigenvalue weighted by atomic mass is 9.78. The van der Waals surface area contributed by atoms with E-state index in [1.54, 1.807) is 12.1 Å². The zero-order valence-electron chi connectivity index (χ0n) is 22.6. The first-order chi connectivity index (χ1) is 19.1. The molecule has 0 aromatic heterocycles. The lowest BCUT2D eigenvalue weighted by Gasteiger charge is -2.31. The van der Waals surface area contributed by atoms with Gasteiger partial charge in [-0.1, -0.05) is 42.8 Å². The largest absolute Gasteiger partial charge is 0.338 e. The van der Waals surface area contributed by atoms with E-state index in [-0.39, 0.29) is 23.8 Å². The molecule has 1 unspecified atom stereocenters. The minimum Gasteiger partial charge on any atom is -0.338 e. The zero-order valence-corrected chi connectivity index (χ0v) is 22.6. The second kappa shape index (κ2) is 11.3. The average molecular weight is 528 g/mol. The third-order valence-electron chi connectivity index (χ3n) is 8.82. The number of nitrogens with one attached hydrogen (secondary N) is 4. The third-order valence-corrected chi connectivity index (χ3v) is 8.82. The molecule has 0 spiro atoms. The molecule has 6 nitrogen and oxygen atoms in total. The lowest BCUT2D eigenvalue weighted by Crippen LogP contribution is -2.42. The number of rotatable bonds is 7. The molecule has 7 heteroatoms. The summed E-state index contributed by atoms with van der Waals surface area (Å²) in [6.07, 6.45) is 9.59. The Morgan fingerprint density at radius 2 is 1.85 bits per heavy atom. The van der Waals surface area contributed by atoms with Gasteiger partial charge in [0.25, 0.3) is 0 Å². The fourth-order valence-electron chi connectivity index (χ4n) is 6.74. The third kappa shape index (κ3) is 5.46. The predicted molar refractivity (Wildman–Crippen MR) is 153 cm³/mol. The number of hydrazine groups is 1. The molecule has 2 aromatic rings. The number of halogens is 1. The van der Waals surface area contributed by atoms with Crippen LogP contribution in [-0.2, 0) is 0 Å². The van der Waals surface area contributed by atoms with Gasteiger partial charge >= 0.3 is 6.03 Å². The summed E-state index contributed by atoms with van der Waals surface area (Å²) in [6, 6.07) is 16.8. The number of hydrogen-bond acceptors (Lipinski definition) is 4. The van der Waals surface area contributed by atoms with Crippen molar-refractivity contribution in [3.63, 3.8) is 0 Å². The summed E-state index contributed by atoms with van der Waals surface area (Å²) in [6.45, 7) is 5.08. The van der Waals surface area contributed by atoms with Crippen molar-refractivity contribution in [2.24, 2.45) is 17.8 Å². The van der Waals surface area contributed by atoms with E-state index < -0.39 is 0 Å². The summed E-state index contributed by atoms with van der Waals surface area (Å²) in [7, 11) is 0. The molecule has 2 amide bonds. The highest BCUT2D eigenvalue weighted by Crippen LogP contribution is 2.49. The Balaban J connectivity index is 1.19. The maximum Gasteiger partial charge on any atom is 0.315 e. The molecule has 0 radical (unpaired) electrons. The highest BCUT2D eigenvalue weighted by Gasteiger charge is 2.39. The Labute approximate surface area is 230 Å². The van der Waals surface area contributed by atoms with Crippen LogP contribution in [0, 0.1) is 23.6 Å². The summed E-state index contributed by atoms with van der Waals surface area (Å²) in [5.41, 5.74) is 10.7. The Hall–Kier alpha value is -3.58. The van der Waals surface area contributed by atoms with Crippen molar-refractivity contribution in [3.05, 3.63) is 101 Å². The second-order valence-corrected chi connectivity index (χ2v) is 11.3. The predicted octanol–water partition coefficient (Wildman–Crippen LogP) is 5.70. The van der Waals surface area contributed by atoms with Crippen LogP contribution in [0.1, 0.15) is 50.6 Å². The number of nitrogens with zero attached hydrogens (tertiary/aromatic N) is 1. The van der Waals surface area contributed by atoms with E-state index in [4.69, 9.17) is 0 Å². The number of piperidine rings is 1. The Morgan fingerprint density at radius 3 is 2.62 bits per heavy atom. The SMILES string of the molecule is C[C@H]1C2=CNN(c3ccc(F)cc3)C2=CC2=C1[C@@H](CC(NC(=O)NCC1CCNCC1)c1ccccc1)CC2. The summed E-state index contributed by atoms with van der Waals surface area (Å²) in [4.78, 5) is 13.0. The van der Waals surface area contributed by atoms with Crippen molar-refractivity contribution in [1.29, 1.82) is 0 Å². The minimum absolute atomic E-state index is 0.0555. The van der Waals surface area contributed by atoms with Gasteiger partial charge in [-0.05, 0) is 98.5 Å². The first-order valence-corrected chi connectivity index (χ1v) is 14.3. The molecule has 4 aliphatic rings. The fraction of sp³-hybridized carbons (Fsp3) is 0.406. The van der Waals surface area contributed by atoms with Gasteiger partial charge in [-0.2, -0.15) is 0 Å². The van der Waals surface area contributed by atoms with Crippen LogP contribution in [0.3, 0.4) is 0 Å². The minimum atomic E-state index is -0.234. The molecule has 0 bridgehead atoms. The summed E-state index contributed by atoms with van der Waals surface area (Å²) in [5.74, 6) is 0.975. The number of carbonyl (C=O) groups excluding carboxylic acids is 1. The molecule has 3 atom stereocenters. The Morgan fingerprint density at radius 1 is 1.08 bits per heavy atom. The molecule has 4 N–H and O–H groups in total. The molecule has 204 valence electrons. The van der Waals surface area contributed by atoms with E-state index in [9.17, 15) is 9.18 Å². The Bertz CT molecular complexity index is 1280. The van der Waals surface area contributed by atoms with Crippen LogP contribution >= 0.6 is 0 Å². The second-order valence-electron chi connectivity index (χ2n) is 11.3. The van der Waals surface area contributed by atoms with E-state index in [2.05, 4.69) is 52.7 Å². The van der Waals surface area contributed by atoms with Gasteiger partial charge in [0.2, 0.25) is 0 Å². The van der Waals surface area contributed by atoms with E-state index in [0.29, 0.717) is 11.8 Å². The fourth-order valence-corrected chi connectivity index (χ4v) is 6.74. The molecule has 6 rings (SSSR count). The maximum atomic E-state index is 13.5. The van der Waals surface area contributed by atoms with Crippen molar-refractivity contribution in [1.82, 2.24) is 21.4 Å². The van der Waals surface area contributed by atoms with E-state index in [1.807, 2.05) is 23.2 Å². The van der Waals surface area contributed by atoms with Gasteiger partial charge in [0.05, 0.1) is 17.4 Å².